The molecular formula is C16H14ClN3O3S. The standard InChI is InChI=1S/C16H14ClN3O3S/c1-11(24-15-7-5-13(17)6-8-15)16(21)19-18-10-12-3-2-4-14(9-12)20(22)23/h2-11H,1H3,(H,19,21)/b18-10-/t11-/m0/s1. The van der Waals surface area contributed by atoms with Crippen molar-refractivity contribution in [2.45, 2.75) is 17.1 Å². The van der Waals surface area contributed by atoms with E-state index in [-0.39, 0.29) is 16.8 Å². The number of carbonyl (C=O) groups is 1. The van der Waals surface area contributed by atoms with Gasteiger partial charge in [0.15, 0.2) is 0 Å². The van der Waals surface area contributed by atoms with Crippen molar-refractivity contribution in [1.29, 1.82) is 0 Å². The van der Waals surface area contributed by atoms with Gasteiger partial charge in [-0.2, -0.15) is 5.10 Å². The van der Waals surface area contributed by atoms with Crippen LogP contribution in [-0.2, 0) is 4.79 Å². The smallest absolute Gasteiger partial charge is 0.270 e. The van der Waals surface area contributed by atoms with E-state index in [2.05, 4.69) is 10.5 Å². The molecule has 1 N–H and O–H groups in total. The number of hydrogen-bond donors (Lipinski definition) is 1. The Kier molecular flexibility index (Phi) is 6.34. The zero-order valence-corrected chi connectivity index (χ0v) is 14.3. The van der Waals surface area contributed by atoms with Crippen LogP contribution in [0, 0.1) is 10.1 Å². The van der Waals surface area contributed by atoms with Crippen molar-refractivity contribution >= 4 is 41.2 Å². The van der Waals surface area contributed by atoms with E-state index in [0.717, 1.165) is 4.90 Å². The monoisotopic (exact) mass is 363 g/mol. The van der Waals surface area contributed by atoms with Crippen molar-refractivity contribution in [3.63, 3.8) is 0 Å². The molecule has 0 aliphatic carbocycles. The van der Waals surface area contributed by atoms with Crippen molar-refractivity contribution in [3.8, 4) is 0 Å². The highest BCUT2D eigenvalue weighted by molar-refractivity contribution is 8.00. The predicted octanol–water partition coefficient (Wildman–Crippen LogP) is 3.88. The summed E-state index contributed by atoms with van der Waals surface area (Å²) >= 11 is 7.20. The van der Waals surface area contributed by atoms with Crippen LogP contribution in [0.5, 0.6) is 0 Å². The summed E-state index contributed by atoms with van der Waals surface area (Å²) in [6.45, 7) is 1.76. The average molecular weight is 364 g/mol. The minimum atomic E-state index is -0.485. The molecule has 0 radical (unpaired) electrons. The van der Waals surface area contributed by atoms with E-state index in [1.807, 2.05) is 12.1 Å². The minimum Gasteiger partial charge on any atom is -0.272 e. The van der Waals surface area contributed by atoms with Crippen molar-refractivity contribution < 1.29 is 9.72 Å². The van der Waals surface area contributed by atoms with Crippen LogP contribution in [-0.4, -0.2) is 22.3 Å². The van der Waals surface area contributed by atoms with Crippen LogP contribution in [0.25, 0.3) is 0 Å². The first-order chi connectivity index (χ1) is 11.5. The summed E-state index contributed by atoms with van der Waals surface area (Å²) in [7, 11) is 0. The molecule has 0 saturated heterocycles. The normalized spacial score (nSPS) is 12.1. The summed E-state index contributed by atoms with van der Waals surface area (Å²) in [6.07, 6.45) is 1.37. The molecule has 124 valence electrons. The maximum Gasteiger partial charge on any atom is 0.270 e. The summed E-state index contributed by atoms with van der Waals surface area (Å²) in [5, 5.41) is 14.8. The highest BCUT2D eigenvalue weighted by atomic mass is 35.5. The number of hydrazone groups is 1. The molecule has 0 aliphatic heterocycles. The fraction of sp³-hybridized carbons (Fsp3) is 0.125. The van der Waals surface area contributed by atoms with Crippen LogP contribution >= 0.6 is 23.4 Å². The molecule has 8 heteroatoms. The number of carbonyl (C=O) groups excluding carboxylic acids is 1. The quantitative estimate of drug-likeness (QED) is 0.365. The Hall–Kier alpha value is -2.38. The fourth-order valence-electron chi connectivity index (χ4n) is 1.75. The third kappa shape index (κ3) is 5.36. The zero-order valence-electron chi connectivity index (χ0n) is 12.7. The van der Waals surface area contributed by atoms with Gasteiger partial charge in [0.05, 0.1) is 16.4 Å². The highest BCUT2D eigenvalue weighted by Gasteiger charge is 2.13. The Morgan fingerprint density at radius 1 is 1.33 bits per heavy atom. The molecule has 6 nitrogen and oxygen atoms in total. The Balaban J connectivity index is 1.90. The number of amides is 1. The van der Waals surface area contributed by atoms with Gasteiger partial charge in [0.25, 0.3) is 11.6 Å². The summed E-state index contributed by atoms with van der Waals surface area (Å²) in [5.74, 6) is -0.267. The Morgan fingerprint density at radius 3 is 2.71 bits per heavy atom. The number of nitro groups is 1. The van der Waals surface area contributed by atoms with E-state index in [0.29, 0.717) is 10.6 Å². The molecule has 2 aromatic rings. The molecule has 1 atom stereocenters. The Labute approximate surface area is 148 Å². The lowest BCUT2D eigenvalue weighted by Crippen LogP contribution is -2.26. The van der Waals surface area contributed by atoms with Gasteiger partial charge in [-0.25, -0.2) is 5.43 Å². The molecule has 0 spiro atoms. The topological polar surface area (TPSA) is 84.6 Å². The van der Waals surface area contributed by atoms with E-state index in [1.165, 1.54) is 30.1 Å². The Bertz CT molecular complexity index is 765. The fourth-order valence-corrected chi connectivity index (χ4v) is 2.74. The third-order valence-electron chi connectivity index (χ3n) is 2.97. The molecule has 0 aromatic heterocycles. The lowest BCUT2D eigenvalue weighted by Gasteiger charge is -2.09. The number of non-ortho nitro benzene ring substituents is 1. The van der Waals surface area contributed by atoms with E-state index >= 15 is 0 Å². The molecule has 0 unspecified atom stereocenters. The third-order valence-corrected chi connectivity index (χ3v) is 4.33. The van der Waals surface area contributed by atoms with Crippen LogP contribution in [0.2, 0.25) is 5.02 Å². The van der Waals surface area contributed by atoms with Crippen LogP contribution < -0.4 is 5.43 Å². The molecule has 1 amide bonds. The number of hydrogen-bond acceptors (Lipinski definition) is 5. The Morgan fingerprint density at radius 2 is 2.04 bits per heavy atom. The first-order valence-corrected chi connectivity index (χ1v) is 8.21. The molecule has 24 heavy (non-hydrogen) atoms. The van der Waals surface area contributed by atoms with Gasteiger partial charge < -0.3 is 0 Å². The first kappa shape index (κ1) is 18.0. The molecular weight excluding hydrogens is 350 g/mol. The van der Waals surface area contributed by atoms with Gasteiger partial charge >= 0.3 is 0 Å². The lowest BCUT2D eigenvalue weighted by molar-refractivity contribution is -0.384. The van der Waals surface area contributed by atoms with Crippen LogP contribution in [0.1, 0.15) is 12.5 Å². The summed E-state index contributed by atoms with van der Waals surface area (Å²) in [5.41, 5.74) is 2.92. The highest BCUT2D eigenvalue weighted by Crippen LogP contribution is 2.24. The van der Waals surface area contributed by atoms with E-state index < -0.39 is 4.92 Å². The summed E-state index contributed by atoms with van der Waals surface area (Å²) in [4.78, 5) is 23.1. The number of benzene rings is 2. The zero-order chi connectivity index (χ0) is 17.5. The lowest BCUT2D eigenvalue weighted by atomic mass is 10.2. The van der Waals surface area contributed by atoms with Gasteiger partial charge in [0, 0.05) is 27.6 Å². The summed E-state index contributed by atoms with van der Waals surface area (Å²) in [6, 6.07) is 13.2. The van der Waals surface area contributed by atoms with E-state index in [9.17, 15) is 14.9 Å². The van der Waals surface area contributed by atoms with Crippen LogP contribution in [0.15, 0.2) is 58.5 Å². The van der Waals surface area contributed by atoms with Crippen molar-refractivity contribution in [1.82, 2.24) is 5.43 Å². The molecule has 0 fully saturated rings. The van der Waals surface area contributed by atoms with Crippen molar-refractivity contribution in [2.24, 2.45) is 5.10 Å². The number of nitrogens with one attached hydrogen (secondary N) is 1. The van der Waals surface area contributed by atoms with Gasteiger partial charge in [0.1, 0.15) is 0 Å². The number of halogens is 1. The van der Waals surface area contributed by atoms with Gasteiger partial charge in [-0.05, 0) is 31.2 Å². The molecule has 2 rings (SSSR count). The van der Waals surface area contributed by atoms with Gasteiger partial charge in [-0.1, -0.05) is 23.7 Å². The van der Waals surface area contributed by atoms with Gasteiger partial charge in [-0.3, -0.25) is 14.9 Å². The SMILES string of the molecule is C[C@H](Sc1ccc(Cl)cc1)C(=O)N/N=C\c1cccc([N+](=O)[O-])c1. The number of rotatable bonds is 6. The molecule has 0 aliphatic rings. The number of nitro benzene ring substituents is 1. The molecule has 0 saturated carbocycles. The number of thioether (sulfide) groups is 1. The second kappa shape index (κ2) is 8.47. The predicted molar refractivity (Wildman–Crippen MR) is 95.6 cm³/mol. The second-order valence-electron chi connectivity index (χ2n) is 4.80. The van der Waals surface area contributed by atoms with Crippen LogP contribution in [0.4, 0.5) is 5.69 Å². The molecule has 2 aromatic carbocycles. The second-order valence-corrected chi connectivity index (χ2v) is 6.65. The van der Waals surface area contributed by atoms with Crippen LogP contribution in [0.3, 0.4) is 0 Å². The van der Waals surface area contributed by atoms with E-state index in [4.69, 9.17) is 11.6 Å². The average Bonchev–Trinajstić information content (AvgIpc) is 2.57. The van der Waals surface area contributed by atoms with Gasteiger partial charge in [0.2, 0.25) is 0 Å². The van der Waals surface area contributed by atoms with E-state index in [1.54, 1.807) is 31.2 Å². The van der Waals surface area contributed by atoms with Crippen molar-refractivity contribution in [2.75, 3.05) is 0 Å². The number of nitrogens with zero attached hydrogens (tertiary/aromatic N) is 2. The minimum absolute atomic E-state index is 0.0306. The maximum atomic E-state index is 12.0. The van der Waals surface area contributed by atoms with Crippen molar-refractivity contribution in [3.05, 3.63) is 69.2 Å². The largest absolute Gasteiger partial charge is 0.272 e. The maximum absolute atomic E-state index is 12.0. The first-order valence-electron chi connectivity index (χ1n) is 6.95. The summed E-state index contributed by atoms with van der Waals surface area (Å²) < 4.78 is 0. The molecule has 0 heterocycles. The van der Waals surface area contributed by atoms with Gasteiger partial charge in [-0.15, -0.1) is 11.8 Å². The molecule has 0 bridgehead atoms.